The smallest absolute Gasteiger partial charge is 0.416 e. The molecule has 0 fully saturated rings. The fourth-order valence-corrected chi connectivity index (χ4v) is 1.88. The van der Waals surface area contributed by atoms with Gasteiger partial charge < -0.3 is 15.8 Å². The molecule has 0 saturated carbocycles. The van der Waals surface area contributed by atoms with Gasteiger partial charge in [0.1, 0.15) is 5.75 Å². The summed E-state index contributed by atoms with van der Waals surface area (Å²) in [6.45, 7) is 0.437. The predicted octanol–water partition coefficient (Wildman–Crippen LogP) is 3.91. The largest absolute Gasteiger partial charge is 0.497 e. The number of nitrogen functional groups attached to an aromatic ring is 1. The Kier molecular flexibility index (Phi) is 4.26. The quantitative estimate of drug-likeness (QED) is 0.841. The lowest BCUT2D eigenvalue weighted by atomic mass is 10.1. The Hall–Kier alpha value is -2.37. The summed E-state index contributed by atoms with van der Waals surface area (Å²) in [4.78, 5) is 0. The molecule has 0 saturated heterocycles. The molecule has 0 aliphatic heterocycles. The third-order valence-corrected chi connectivity index (χ3v) is 3.00. The molecule has 0 spiro atoms. The van der Waals surface area contributed by atoms with Gasteiger partial charge in [0.05, 0.1) is 24.0 Å². The van der Waals surface area contributed by atoms with Crippen LogP contribution < -0.4 is 15.8 Å². The summed E-state index contributed by atoms with van der Waals surface area (Å²) < 4.78 is 42.7. The van der Waals surface area contributed by atoms with E-state index in [1.807, 2.05) is 24.3 Å². The number of nitrogens with one attached hydrogen (secondary N) is 1. The number of ether oxygens (including phenoxy) is 1. The van der Waals surface area contributed by atoms with Gasteiger partial charge in [0, 0.05) is 6.54 Å². The molecule has 0 atom stereocenters. The van der Waals surface area contributed by atoms with Crippen LogP contribution in [0.1, 0.15) is 11.1 Å². The van der Waals surface area contributed by atoms with Gasteiger partial charge in [-0.25, -0.2) is 0 Å². The molecule has 3 nitrogen and oxygen atoms in total. The Labute approximate surface area is 120 Å². The second-order valence-electron chi connectivity index (χ2n) is 4.50. The van der Waals surface area contributed by atoms with Crippen LogP contribution in [-0.4, -0.2) is 7.11 Å². The van der Waals surface area contributed by atoms with Gasteiger partial charge in [-0.3, -0.25) is 0 Å². The first-order chi connectivity index (χ1) is 9.90. The van der Waals surface area contributed by atoms with Crippen molar-refractivity contribution < 1.29 is 17.9 Å². The Morgan fingerprint density at radius 2 is 1.90 bits per heavy atom. The molecule has 0 heterocycles. The van der Waals surface area contributed by atoms with Gasteiger partial charge in [-0.1, -0.05) is 12.1 Å². The fourth-order valence-electron chi connectivity index (χ4n) is 1.88. The van der Waals surface area contributed by atoms with Crippen LogP contribution in [0.2, 0.25) is 0 Å². The van der Waals surface area contributed by atoms with Crippen LogP contribution in [0, 0.1) is 0 Å². The summed E-state index contributed by atoms with van der Waals surface area (Å²) in [5, 5.41) is 3.01. The van der Waals surface area contributed by atoms with Crippen molar-refractivity contribution in [2.75, 3.05) is 18.2 Å². The second-order valence-corrected chi connectivity index (χ2v) is 4.50. The zero-order valence-electron chi connectivity index (χ0n) is 11.4. The third kappa shape index (κ3) is 3.81. The van der Waals surface area contributed by atoms with E-state index in [2.05, 4.69) is 5.32 Å². The maximum Gasteiger partial charge on any atom is 0.416 e. The monoisotopic (exact) mass is 296 g/mol. The number of benzene rings is 2. The van der Waals surface area contributed by atoms with Gasteiger partial charge in [-0.2, -0.15) is 13.2 Å². The second kappa shape index (κ2) is 5.95. The molecule has 0 aliphatic carbocycles. The topological polar surface area (TPSA) is 47.3 Å². The highest BCUT2D eigenvalue weighted by Gasteiger charge is 2.30. The average molecular weight is 296 g/mol. The number of hydrogen-bond donors (Lipinski definition) is 2. The van der Waals surface area contributed by atoms with Crippen molar-refractivity contribution in [3.05, 3.63) is 53.6 Å². The highest BCUT2D eigenvalue weighted by atomic mass is 19.4. The van der Waals surface area contributed by atoms with E-state index in [1.165, 1.54) is 6.07 Å². The number of halogens is 3. The van der Waals surface area contributed by atoms with Crippen molar-refractivity contribution in [2.45, 2.75) is 12.7 Å². The summed E-state index contributed by atoms with van der Waals surface area (Å²) >= 11 is 0. The fraction of sp³-hybridized carbons (Fsp3) is 0.200. The molecule has 3 N–H and O–H groups in total. The van der Waals surface area contributed by atoms with E-state index in [0.29, 0.717) is 12.2 Å². The van der Waals surface area contributed by atoms with E-state index >= 15 is 0 Å². The van der Waals surface area contributed by atoms with Crippen LogP contribution in [0.25, 0.3) is 0 Å². The molecule has 0 amide bonds. The first kappa shape index (κ1) is 15.0. The standard InChI is InChI=1S/C15H15F3N2O/c1-21-12-4-2-3-10(7-12)9-20-14-6-5-11(8-13(14)19)15(16,17)18/h2-8,20H,9,19H2,1H3. The lowest BCUT2D eigenvalue weighted by Gasteiger charge is -2.13. The average Bonchev–Trinajstić information content (AvgIpc) is 2.45. The summed E-state index contributed by atoms with van der Waals surface area (Å²) in [7, 11) is 1.57. The molecule has 2 aromatic rings. The van der Waals surface area contributed by atoms with Crippen LogP contribution in [0.5, 0.6) is 5.75 Å². The molecule has 112 valence electrons. The minimum atomic E-state index is -4.39. The molecule has 21 heavy (non-hydrogen) atoms. The maximum atomic E-state index is 12.5. The van der Waals surface area contributed by atoms with E-state index < -0.39 is 11.7 Å². The van der Waals surface area contributed by atoms with E-state index in [4.69, 9.17) is 10.5 Å². The SMILES string of the molecule is COc1cccc(CNc2ccc(C(F)(F)F)cc2N)c1. The van der Waals surface area contributed by atoms with Crippen LogP contribution in [-0.2, 0) is 12.7 Å². The van der Waals surface area contributed by atoms with Crippen LogP contribution >= 0.6 is 0 Å². The van der Waals surface area contributed by atoms with E-state index in [1.54, 1.807) is 7.11 Å². The van der Waals surface area contributed by atoms with Crippen molar-refractivity contribution in [3.63, 3.8) is 0 Å². The molecule has 2 rings (SSSR count). The third-order valence-electron chi connectivity index (χ3n) is 3.00. The van der Waals surface area contributed by atoms with Gasteiger partial charge in [-0.15, -0.1) is 0 Å². The minimum Gasteiger partial charge on any atom is -0.497 e. The zero-order chi connectivity index (χ0) is 15.5. The summed E-state index contributed by atoms with van der Waals surface area (Å²) in [6.07, 6.45) is -4.39. The van der Waals surface area contributed by atoms with Crippen LogP contribution in [0.3, 0.4) is 0 Å². The Bertz CT molecular complexity index is 627. The summed E-state index contributed by atoms with van der Waals surface area (Å²) in [5.74, 6) is 0.717. The Morgan fingerprint density at radius 1 is 1.14 bits per heavy atom. The molecule has 0 bridgehead atoms. The molecule has 2 aromatic carbocycles. The van der Waals surface area contributed by atoms with Gasteiger partial charge in [-0.05, 0) is 35.9 Å². The van der Waals surface area contributed by atoms with Crippen LogP contribution in [0.4, 0.5) is 24.5 Å². The first-order valence-electron chi connectivity index (χ1n) is 6.23. The number of methoxy groups -OCH3 is 1. The van der Waals surface area contributed by atoms with Crippen molar-refractivity contribution in [3.8, 4) is 5.75 Å². The number of rotatable bonds is 4. The van der Waals surface area contributed by atoms with Gasteiger partial charge >= 0.3 is 6.18 Å². The van der Waals surface area contributed by atoms with E-state index in [-0.39, 0.29) is 5.69 Å². The Morgan fingerprint density at radius 3 is 2.52 bits per heavy atom. The highest BCUT2D eigenvalue weighted by Crippen LogP contribution is 2.32. The zero-order valence-corrected chi connectivity index (χ0v) is 11.4. The number of hydrogen-bond acceptors (Lipinski definition) is 3. The number of anilines is 2. The van der Waals surface area contributed by atoms with E-state index in [0.717, 1.165) is 23.4 Å². The minimum absolute atomic E-state index is 0.0627. The molecule has 0 radical (unpaired) electrons. The molecule has 6 heteroatoms. The van der Waals surface area contributed by atoms with Crippen molar-refractivity contribution in [1.82, 2.24) is 0 Å². The Balaban J connectivity index is 2.10. The van der Waals surface area contributed by atoms with Crippen LogP contribution in [0.15, 0.2) is 42.5 Å². The highest BCUT2D eigenvalue weighted by molar-refractivity contribution is 5.67. The maximum absolute atomic E-state index is 12.5. The van der Waals surface area contributed by atoms with Gasteiger partial charge in [0.15, 0.2) is 0 Å². The lowest BCUT2D eigenvalue weighted by molar-refractivity contribution is -0.137. The summed E-state index contributed by atoms with van der Waals surface area (Å²) in [6, 6.07) is 10.6. The molecular weight excluding hydrogens is 281 g/mol. The molecular formula is C15H15F3N2O. The van der Waals surface area contributed by atoms with Crippen molar-refractivity contribution in [2.24, 2.45) is 0 Å². The van der Waals surface area contributed by atoms with Crippen molar-refractivity contribution in [1.29, 1.82) is 0 Å². The lowest BCUT2D eigenvalue weighted by Crippen LogP contribution is -2.08. The normalized spacial score (nSPS) is 11.2. The molecule has 0 aliphatic rings. The molecule has 0 unspecified atom stereocenters. The summed E-state index contributed by atoms with van der Waals surface area (Å²) in [5.41, 5.74) is 6.36. The molecule has 0 aromatic heterocycles. The number of alkyl halides is 3. The van der Waals surface area contributed by atoms with Gasteiger partial charge in [0.2, 0.25) is 0 Å². The van der Waals surface area contributed by atoms with Crippen molar-refractivity contribution >= 4 is 11.4 Å². The number of nitrogens with two attached hydrogens (primary N) is 1. The predicted molar refractivity (Wildman–Crippen MR) is 76.2 cm³/mol. The van der Waals surface area contributed by atoms with Gasteiger partial charge in [0.25, 0.3) is 0 Å². The van der Waals surface area contributed by atoms with E-state index in [9.17, 15) is 13.2 Å². The first-order valence-corrected chi connectivity index (χ1v) is 6.23.